The Morgan fingerprint density at radius 3 is 2.94 bits per heavy atom. The molecular weight excluding hydrogens is 228 g/mol. The molecule has 2 bridgehead atoms. The Bertz CT molecular complexity index is 356. The summed E-state index contributed by atoms with van der Waals surface area (Å²) >= 11 is 3.89. The lowest BCUT2D eigenvalue weighted by Crippen LogP contribution is -2.40. The molecule has 5 heteroatoms. The third kappa shape index (κ3) is 1.46. The molecule has 0 radical (unpaired) electrons. The Hall–Kier alpha value is -0.360. The van der Waals surface area contributed by atoms with Crippen LogP contribution in [0.1, 0.15) is 13.3 Å². The van der Waals surface area contributed by atoms with E-state index in [1.165, 1.54) is 0 Å². The van der Waals surface area contributed by atoms with E-state index in [0.29, 0.717) is 13.0 Å². The number of rotatable bonds is 2. The first kappa shape index (κ1) is 10.8. The molecule has 16 heavy (non-hydrogen) atoms. The molecule has 0 aliphatic carbocycles. The van der Waals surface area contributed by atoms with Crippen molar-refractivity contribution < 1.29 is 19.0 Å². The minimum absolute atomic E-state index is 0.0844. The summed E-state index contributed by atoms with van der Waals surface area (Å²) in [5.41, 5.74) is -0.571. The van der Waals surface area contributed by atoms with Gasteiger partial charge in [0.15, 0.2) is 11.4 Å². The Kier molecular flexibility index (Phi) is 2.40. The highest BCUT2D eigenvalue weighted by Gasteiger charge is 2.57. The zero-order valence-electron chi connectivity index (χ0n) is 8.96. The summed E-state index contributed by atoms with van der Waals surface area (Å²) < 4.78 is 17.1. The van der Waals surface area contributed by atoms with Crippen LogP contribution in [-0.4, -0.2) is 35.8 Å². The molecule has 0 spiro atoms. The largest absolute Gasteiger partial charge is 0.357 e. The molecule has 0 aromatic carbocycles. The lowest BCUT2D eigenvalue weighted by atomic mass is 9.86. The molecular formula is C11H14O4S. The highest BCUT2D eigenvalue weighted by Crippen LogP contribution is 2.47. The third-order valence-corrected chi connectivity index (χ3v) is 3.75. The van der Waals surface area contributed by atoms with Crippen molar-refractivity contribution in [3.05, 3.63) is 12.2 Å². The molecule has 88 valence electrons. The summed E-state index contributed by atoms with van der Waals surface area (Å²) in [5, 5.41) is -0.123. The fraction of sp³-hybridized carbons (Fsp3) is 0.727. The predicted octanol–water partition coefficient (Wildman–Crippen LogP) is 0.918. The quantitative estimate of drug-likeness (QED) is 0.577. The molecule has 3 rings (SSSR count). The summed E-state index contributed by atoms with van der Waals surface area (Å²) in [7, 11) is 0. The van der Waals surface area contributed by atoms with E-state index in [1.54, 1.807) is 0 Å². The first-order chi connectivity index (χ1) is 7.61. The molecule has 0 aromatic heterocycles. The van der Waals surface area contributed by atoms with Gasteiger partial charge in [-0.05, 0) is 19.4 Å². The number of thiol groups is 1. The summed E-state index contributed by atoms with van der Waals surface area (Å²) in [5.74, 6) is -0.170. The lowest BCUT2D eigenvalue weighted by Gasteiger charge is -2.28. The predicted molar refractivity (Wildman–Crippen MR) is 59.1 cm³/mol. The molecule has 2 saturated heterocycles. The minimum atomic E-state index is -0.571. The highest BCUT2D eigenvalue weighted by molar-refractivity contribution is 7.96. The van der Waals surface area contributed by atoms with E-state index in [0.717, 1.165) is 0 Å². The van der Waals surface area contributed by atoms with Crippen molar-refractivity contribution in [2.24, 2.45) is 5.92 Å². The van der Waals surface area contributed by atoms with Gasteiger partial charge in [0, 0.05) is 0 Å². The van der Waals surface area contributed by atoms with Crippen LogP contribution in [0.3, 0.4) is 0 Å². The topological polar surface area (TPSA) is 44.8 Å². The van der Waals surface area contributed by atoms with E-state index in [9.17, 15) is 4.79 Å². The Balaban J connectivity index is 1.81. The van der Waals surface area contributed by atoms with Crippen molar-refractivity contribution in [3.63, 3.8) is 0 Å². The fourth-order valence-electron chi connectivity index (χ4n) is 2.61. The van der Waals surface area contributed by atoms with Gasteiger partial charge in [0.1, 0.15) is 5.60 Å². The molecule has 0 amide bonds. The van der Waals surface area contributed by atoms with Gasteiger partial charge in [0.2, 0.25) is 0 Å². The summed E-state index contributed by atoms with van der Waals surface area (Å²) in [4.78, 5) is 11.3. The normalized spacial score (nSPS) is 50.1. The van der Waals surface area contributed by atoms with Gasteiger partial charge in [-0.15, -0.1) is 12.6 Å². The average Bonchev–Trinajstić information content (AvgIpc) is 2.90. The average molecular weight is 242 g/mol. The van der Waals surface area contributed by atoms with E-state index in [-0.39, 0.29) is 29.5 Å². The van der Waals surface area contributed by atoms with Crippen LogP contribution in [0.15, 0.2) is 12.2 Å². The fourth-order valence-corrected chi connectivity index (χ4v) is 2.85. The zero-order chi connectivity index (χ0) is 11.3. The van der Waals surface area contributed by atoms with Crippen LogP contribution in [0.4, 0.5) is 0 Å². The van der Waals surface area contributed by atoms with Gasteiger partial charge in [-0.1, -0.05) is 6.08 Å². The number of hydrogen-bond donors (Lipinski definition) is 1. The molecule has 5 atom stereocenters. The van der Waals surface area contributed by atoms with E-state index in [2.05, 4.69) is 12.6 Å². The van der Waals surface area contributed by atoms with Gasteiger partial charge in [-0.25, -0.2) is 0 Å². The van der Waals surface area contributed by atoms with Gasteiger partial charge in [-0.2, -0.15) is 0 Å². The van der Waals surface area contributed by atoms with Crippen molar-refractivity contribution in [1.82, 2.24) is 0 Å². The number of ether oxygens (including phenoxy) is 3. The Morgan fingerprint density at radius 2 is 2.38 bits per heavy atom. The maximum absolute atomic E-state index is 11.3. The van der Waals surface area contributed by atoms with Crippen LogP contribution < -0.4 is 0 Å². The zero-order valence-corrected chi connectivity index (χ0v) is 9.85. The van der Waals surface area contributed by atoms with Crippen molar-refractivity contribution in [2.75, 3.05) is 6.61 Å². The van der Waals surface area contributed by atoms with E-state index < -0.39 is 5.60 Å². The molecule has 2 fully saturated rings. The summed E-state index contributed by atoms with van der Waals surface area (Å²) in [6.45, 7) is 2.54. The molecule has 0 aromatic rings. The number of hydrogen-bond acceptors (Lipinski definition) is 4. The van der Waals surface area contributed by atoms with Gasteiger partial charge in [0.25, 0.3) is 0 Å². The molecule has 4 nitrogen and oxygen atoms in total. The lowest BCUT2D eigenvalue weighted by molar-refractivity contribution is -0.170. The molecule has 0 saturated carbocycles. The molecule has 0 N–H and O–H groups in total. The smallest absolute Gasteiger partial charge is 0.192 e. The monoisotopic (exact) mass is 242 g/mol. The number of carbonyl (C=O) groups excluding carboxylic acids is 1. The van der Waals surface area contributed by atoms with Crippen molar-refractivity contribution in [3.8, 4) is 0 Å². The Morgan fingerprint density at radius 1 is 1.56 bits per heavy atom. The van der Waals surface area contributed by atoms with E-state index in [1.807, 2.05) is 19.1 Å². The van der Waals surface area contributed by atoms with E-state index in [4.69, 9.17) is 14.2 Å². The molecule has 3 aliphatic heterocycles. The van der Waals surface area contributed by atoms with Crippen LogP contribution >= 0.6 is 12.6 Å². The standard InChI is InChI=1S/C11H14O4S/c1-6-5-13-10(14-6)11-3-2-8(15-11)7(4-11)9(12)16/h2-3,6-8,10H,4-5H2,1H3,(H,12,16). The van der Waals surface area contributed by atoms with Crippen LogP contribution in [0.5, 0.6) is 0 Å². The van der Waals surface area contributed by atoms with Crippen LogP contribution in [0.2, 0.25) is 0 Å². The van der Waals surface area contributed by atoms with Gasteiger partial charge in [-0.3, -0.25) is 4.79 Å². The SMILES string of the molecule is CC1COC(C23C=CC(O2)C(C(=O)S)C3)O1. The van der Waals surface area contributed by atoms with E-state index >= 15 is 0 Å². The van der Waals surface area contributed by atoms with Crippen molar-refractivity contribution >= 4 is 17.7 Å². The number of carbonyl (C=O) groups is 1. The minimum Gasteiger partial charge on any atom is -0.357 e. The van der Waals surface area contributed by atoms with Gasteiger partial charge in [0.05, 0.1) is 24.7 Å². The van der Waals surface area contributed by atoms with Crippen molar-refractivity contribution in [2.45, 2.75) is 37.4 Å². The maximum atomic E-state index is 11.3. The molecule has 3 heterocycles. The van der Waals surface area contributed by atoms with Crippen molar-refractivity contribution in [1.29, 1.82) is 0 Å². The second-order valence-corrected chi connectivity index (χ2v) is 5.10. The molecule has 3 aliphatic rings. The second kappa shape index (κ2) is 3.57. The third-order valence-electron chi connectivity index (χ3n) is 3.41. The second-order valence-electron chi connectivity index (χ2n) is 4.66. The highest BCUT2D eigenvalue weighted by atomic mass is 32.1. The van der Waals surface area contributed by atoms with Gasteiger partial charge >= 0.3 is 0 Å². The van der Waals surface area contributed by atoms with Crippen LogP contribution in [-0.2, 0) is 19.0 Å². The van der Waals surface area contributed by atoms with Crippen LogP contribution in [0.25, 0.3) is 0 Å². The summed E-state index contributed by atoms with van der Waals surface area (Å²) in [6, 6.07) is 0. The first-order valence-electron chi connectivity index (χ1n) is 5.48. The maximum Gasteiger partial charge on any atom is 0.192 e. The Labute approximate surface area is 99.3 Å². The van der Waals surface area contributed by atoms with Crippen LogP contribution in [0, 0.1) is 5.92 Å². The first-order valence-corrected chi connectivity index (χ1v) is 5.92. The van der Waals surface area contributed by atoms with Gasteiger partial charge < -0.3 is 14.2 Å². The summed E-state index contributed by atoms with van der Waals surface area (Å²) in [6.07, 6.45) is 4.02. The number of fused-ring (bicyclic) bond motifs is 2. The molecule has 5 unspecified atom stereocenters.